The summed E-state index contributed by atoms with van der Waals surface area (Å²) in [6.07, 6.45) is 11.1. The van der Waals surface area contributed by atoms with Gasteiger partial charge in [-0.05, 0) is 80.9 Å². The molecule has 0 bridgehead atoms. The number of hydrogen-bond donors (Lipinski definition) is 5. The van der Waals surface area contributed by atoms with Gasteiger partial charge in [0.2, 0.25) is 35.4 Å². The zero-order chi connectivity index (χ0) is 48.3. The number of carbonyl (C=O) groups excluding carboxylic acids is 8. The van der Waals surface area contributed by atoms with Gasteiger partial charge in [-0.25, -0.2) is 4.79 Å². The normalized spacial score (nSPS) is 15.4. The zero-order valence-corrected chi connectivity index (χ0v) is 40.5. The van der Waals surface area contributed by atoms with E-state index in [1.165, 1.54) is 12.0 Å². The maximum Gasteiger partial charge on any atom is 0.328 e. The maximum atomic E-state index is 14.3. The van der Waals surface area contributed by atoms with Gasteiger partial charge in [-0.15, -0.1) is 0 Å². The third kappa shape index (κ3) is 20.8. The smallest absolute Gasteiger partial charge is 0.328 e. The van der Waals surface area contributed by atoms with E-state index >= 15 is 0 Å². The lowest BCUT2D eigenvalue weighted by Crippen LogP contribution is -2.60. The average Bonchev–Trinajstić information content (AvgIpc) is 3.77. The molecule has 2 rings (SSSR count). The van der Waals surface area contributed by atoms with Gasteiger partial charge in [0, 0.05) is 38.8 Å². The minimum absolute atomic E-state index is 0.0209. The Labute approximate surface area is 387 Å². The summed E-state index contributed by atoms with van der Waals surface area (Å²) >= 11 is 0. The number of rotatable bonds is 31. The summed E-state index contributed by atoms with van der Waals surface area (Å²) in [5.74, 6) is -3.92. The third-order valence-corrected chi connectivity index (χ3v) is 11.6. The van der Waals surface area contributed by atoms with Crippen LogP contribution in [0.15, 0.2) is 24.3 Å². The first kappa shape index (κ1) is 56.1. The molecular formula is C49H80N6O10. The molecule has 0 saturated carbocycles. The Kier molecular flexibility index (Phi) is 26.8. The molecule has 1 aromatic carbocycles. The first-order valence-corrected chi connectivity index (χ1v) is 24.2. The van der Waals surface area contributed by atoms with Crippen LogP contribution in [0.25, 0.3) is 0 Å². The van der Waals surface area contributed by atoms with E-state index in [4.69, 9.17) is 9.47 Å². The summed E-state index contributed by atoms with van der Waals surface area (Å²) in [5.41, 5.74) is 0.644. The van der Waals surface area contributed by atoms with Crippen molar-refractivity contribution in [2.24, 2.45) is 11.8 Å². The molecule has 0 spiro atoms. The van der Waals surface area contributed by atoms with E-state index in [0.29, 0.717) is 62.8 Å². The van der Waals surface area contributed by atoms with Crippen molar-refractivity contribution >= 4 is 47.4 Å². The highest BCUT2D eigenvalue weighted by Gasteiger charge is 2.40. The molecule has 0 aliphatic carbocycles. The van der Waals surface area contributed by atoms with Crippen LogP contribution in [0, 0.1) is 11.8 Å². The SMILES string of the molecule is CCCCCC(=O)NCCCC[C@H](NC(=O)[C@@H](NC(=O)CCCCC)C(C)C)C(=O)N[C@H](C(=O)N[C@@H](Cc1ccc(OC(=O)CCCCC)cc1)C(=O)N1CCC[C@H]1C(=O)OC)C(C)C. The molecule has 5 atom stereocenters. The summed E-state index contributed by atoms with van der Waals surface area (Å²) in [4.78, 5) is 108. The molecule has 1 aromatic rings. The fourth-order valence-corrected chi connectivity index (χ4v) is 7.66. The first-order valence-electron chi connectivity index (χ1n) is 24.2. The van der Waals surface area contributed by atoms with Crippen molar-refractivity contribution in [1.29, 1.82) is 0 Å². The molecule has 16 nitrogen and oxygen atoms in total. The van der Waals surface area contributed by atoms with Crippen LogP contribution < -0.4 is 31.3 Å². The standard InChI is InChI=1S/C49H80N6O10/c1-9-12-15-23-40(56)50-30-19-18-21-37(51-46(60)43(33(4)5)53-41(57)24-16-13-10-2)45(59)54-44(34(6)7)47(61)52-38(48(62)55-31-20-22-39(55)49(63)64-8)32-35-26-28-36(29-27-35)65-42(58)25-17-14-11-3/h26-29,33-34,37-39,43-44H,9-25,30-32H2,1-8H3,(H,50,56)(H,51,60)(H,52,61)(H,53,57)(H,54,59)/t37-,38-,39-,43-,44-/m0/s1. The van der Waals surface area contributed by atoms with E-state index in [-0.39, 0.29) is 49.5 Å². The van der Waals surface area contributed by atoms with Crippen LogP contribution in [0.4, 0.5) is 0 Å². The predicted molar refractivity (Wildman–Crippen MR) is 249 cm³/mol. The molecule has 1 aliphatic heterocycles. The fourth-order valence-electron chi connectivity index (χ4n) is 7.66. The highest BCUT2D eigenvalue weighted by molar-refractivity contribution is 5.96. The van der Waals surface area contributed by atoms with Crippen LogP contribution in [0.1, 0.15) is 163 Å². The molecule has 0 radical (unpaired) electrons. The molecule has 1 saturated heterocycles. The molecule has 1 aliphatic rings. The van der Waals surface area contributed by atoms with Gasteiger partial charge in [0.1, 0.15) is 36.0 Å². The van der Waals surface area contributed by atoms with Gasteiger partial charge in [0.15, 0.2) is 0 Å². The van der Waals surface area contributed by atoms with Gasteiger partial charge in [-0.3, -0.25) is 33.6 Å². The number of unbranched alkanes of at least 4 members (excludes halogenated alkanes) is 7. The molecule has 0 unspecified atom stereocenters. The number of carbonyl (C=O) groups is 8. The molecule has 6 amide bonds. The van der Waals surface area contributed by atoms with Crippen molar-refractivity contribution in [3.05, 3.63) is 29.8 Å². The number of nitrogens with one attached hydrogen (secondary N) is 5. The van der Waals surface area contributed by atoms with Crippen LogP contribution in [0.5, 0.6) is 5.75 Å². The van der Waals surface area contributed by atoms with Crippen molar-refractivity contribution < 1.29 is 47.8 Å². The predicted octanol–water partition coefficient (Wildman–Crippen LogP) is 5.58. The monoisotopic (exact) mass is 913 g/mol. The number of benzene rings is 1. The number of nitrogens with zero attached hydrogens (tertiary/aromatic N) is 1. The van der Waals surface area contributed by atoms with E-state index < -0.39 is 65.7 Å². The van der Waals surface area contributed by atoms with E-state index in [1.807, 2.05) is 13.8 Å². The van der Waals surface area contributed by atoms with Crippen molar-refractivity contribution in [3.63, 3.8) is 0 Å². The van der Waals surface area contributed by atoms with Crippen molar-refractivity contribution in [3.8, 4) is 5.75 Å². The first-order chi connectivity index (χ1) is 31.1. The van der Waals surface area contributed by atoms with Crippen molar-refractivity contribution in [1.82, 2.24) is 31.5 Å². The summed E-state index contributed by atoms with van der Waals surface area (Å²) in [5, 5.41) is 14.3. The Morgan fingerprint density at radius 1 is 0.646 bits per heavy atom. The van der Waals surface area contributed by atoms with Gasteiger partial charge in [-0.1, -0.05) is 99.1 Å². The third-order valence-electron chi connectivity index (χ3n) is 11.6. The molecule has 5 N–H and O–H groups in total. The summed E-state index contributed by atoms with van der Waals surface area (Å²) < 4.78 is 10.5. The molecule has 366 valence electrons. The van der Waals surface area contributed by atoms with E-state index in [9.17, 15) is 38.4 Å². The average molecular weight is 913 g/mol. The van der Waals surface area contributed by atoms with Gasteiger partial charge >= 0.3 is 11.9 Å². The second-order valence-electron chi connectivity index (χ2n) is 17.9. The van der Waals surface area contributed by atoms with Crippen LogP contribution in [-0.4, -0.2) is 103 Å². The Bertz CT molecular complexity index is 1670. The lowest BCUT2D eigenvalue weighted by molar-refractivity contribution is -0.152. The topological polar surface area (TPSA) is 218 Å². The summed E-state index contributed by atoms with van der Waals surface area (Å²) in [6.45, 7) is 13.9. The molecule has 0 aromatic heterocycles. The van der Waals surface area contributed by atoms with Crippen LogP contribution in [0.3, 0.4) is 0 Å². The number of methoxy groups -OCH3 is 1. The second kappa shape index (κ2) is 31.0. The largest absolute Gasteiger partial charge is 0.467 e. The lowest BCUT2D eigenvalue weighted by atomic mass is 9.99. The second-order valence-corrected chi connectivity index (χ2v) is 17.9. The van der Waals surface area contributed by atoms with Gasteiger partial charge in [0.25, 0.3) is 0 Å². The van der Waals surface area contributed by atoms with Gasteiger partial charge in [0.05, 0.1) is 7.11 Å². The number of esters is 2. The molecule has 1 fully saturated rings. The summed E-state index contributed by atoms with van der Waals surface area (Å²) in [7, 11) is 1.26. The highest BCUT2D eigenvalue weighted by atomic mass is 16.5. The lowest BCUT2D eigenvalue weighted by Gasteiger charge is -2.31. The molecule has 16 heteroatoms. The number of amides is 6. The molecule has 1 heterocycles. The molecule has 65 heavy (non-hydrogen) atoms. The van der Waals surface area contributed by atoms with Crippen molar-refractivity contribution in [2.45, 2.75) is 194 Å². The number of ether oxygens (including phenoxy) is 2. The zero-order valence-electron chi connectivity index (χ0n) is 40.5. The Balaban J connectivity index is 2.35. The van der Waals surface area contributed by atoms with E-state index in [2.05, 4.69) is 33.5 Å². The minimum Gasteiger partial charge on any atom is -0.467 e. The Morgan fingerprint density at radius 3 is 1.77 bits per heavy atom. The maximum absolute atomic E-state index is 14.3. The Hall–Kier alpha value is -5.02. The number of likely N-dealkylation sites (tertiary alicyclic amines) is 1. The van der Waals surface area contributed by atoms with E-state index in [0.717, 1.165) is 51.4 Å². The van der Waals surface area contributed by atoms with Crippen molar-refractivity contribution in [2.75, 3.05) is 20.2 Å². The Morgan fingerprint density at radius 2 is 1.20 bits per heavy atom. The van der Waals surface area contributed by atoms with Crippen LogP contribution in [-0.2, 0) is 49.5 Å². The highest BCUT2D eigenvalue weighted by Crippen LogP contribution is 2.22. The quantitative estimate of drug-likeness (QED) is 0.0354. The van der Waals surface area contributed by atoms with Gasteiger partial charge in [-0.2, -0.15) is 0 Å². The van der Waals surface area contributed by atoms with E-state index in [1.54, 1.807) is 52.0 Å². The van der Waals surface area contributed by atoms with Crippen LogP contribution in [0.2, 0.25) is 0 Å². The fraction of sp³-hybridized carbons (Fsp3) is 0.714. The minimum atomic E-state index is -1.16. The summed E-state index contributed by atoms with van der Waals surface area (Å²) in [6, 6.07) is 1.51. The van der Waals surface area contributed by atoms with Crippen LogP contribution >= 0.6 is 0 Å². The molecular weight excluding hydrogens is 833 g/mol. The van der Waals surface area contributed by atoms with Gasteiger partial charge < -0.3 is 41.0 Å². The number of hydrogen-bond acceptors (Lipinski definition) is 10.